The Bertz CT molecular complexity index is 316. The van der Waals surface area contributed by atoms with Crippen LogP contribution in [0.3, 0.4) is 0 Å². The van der Waals surface area contributed by atoms with E-state index in [4.69, 9.17) is 21.8 Å². The zero-order valence-corrected chi connectivity index (χ0v) is 6.54. The maximum absolute atomic E-state index is 10.1. The molecule has 0 saturated heterocycles. The van der Waals surface area contributed by atoms with E-state index in [0.29, 0.717) is 0 Å². The van der Waals surface area contributed by atoms with E-state index in [1.807, 2.05) is 5.32 Å². The van der Waals surface area contributed by atoms with Gasteiger partial charge in [-0.2, -0.15) is 0 Å². The summed E-state index contributed by atoms with van der Waals surface area (Å²) in [4.78, 5) is 13.7. The van der Waals surface area contributed by atoms with Gasteiger partial charge in [-0.25, -0.2) is 9.78 Å². The second-order valence-electron chi connectivity index (χ2n) is 1.92. The number of amides is 1. The number of nitrogens with one attached hydrogen (secondary N) is 1. The van der Waals surface area contributed by atoms with Crippen molar-refractivity contribution in [3.63, 3.8) is 0 Å². The molecule has 5 nitrogen and oxygen atoms in total. The van der Waals surface area contributed by atoms with Gasteiger partial charge in [0.05, 0.1) is 5.02 Å². The Morgan fingerprint density at radius 2 is 2.33 bits per heavy atom. The van der Waals surface area contributed by atoms with Crippen LogP contribution in [0.5, 0.6) is 5.75 Å². The van der Waals surface area contributed by atoms with Crippen molar-refractivity contribution in [3.05, 3.63) is 17.3 Å². The first kappa shape index (κ1) is 8.61. The number of nitrogens with zero attached hydrogens (tertiary/aromatic N) is 1. The summed E-state index contributed by atoms with van der Waals surface area (Å²) in [5.74, 6) is -0.545. The van der Waals surface area contributed by atoms with Gasteiger partial charge in [-0.15, -0.1) is 0 Å². The van der Waals surface area contributed by atoms with Crippen LogP contribution in [0.4, 0.5) is 10.6 Å². The minimum Gasteiger partial charge on any atom is -0.503 e. The largest absolute Gasteiger partial charge is 0.503 e. The average Bonchev–Trinajstić information content (AvgIpc) is 1.98. The van der Waals surface area contributed by atoms with E-state index in [1.165, 1.54) is 12.3 Å². The van der Waals surface area contributed by atoms with E-state index in [-0.39, 0.29) is 16.6 Å². The Balaban J connectivity index is 3.00. The number of hydrogen-bond donors (Lipinski definition) is 3. The van der Waals surface area contributed by atoms with Crippen LogP contribution in [-0.4, -0.2) is 21.3 Å². The van der Waals surface area contributed by atoms with Gasteiger partial charge in [-0.05, 0) is 6.07 Å². The van der Waals surface area contributed by atoms with Crippen molar-refractivity contribution in [2.45, 2.75) is 0 Å². The molecule has 0 aliphatic rings. The van der Waals surface area contributed by atoms with Gasteiger partial charge in [-0.1, -0.05) is 11.6 Å². The summed E-state index contributed by atoms with van der Waals surface area (Å²) in [5.41, 5.74) is 0. The molecule has 1 rings (SSSR count). The molecule has 0 aliphatic carbocycles. The van der Waals surface area contributed by atoms with Crippen molar-refractivity contribution in [1.29, 1.82) is 0 Å². The van der Waals surface area contributed by atoms with Crippen molar-refractivity contribution in [2.75, 3.05) is 5.32 Å². The first-order chi connectivity index (χ1) is 5.61. The van der Waals surface area contributed by atoms with Gasteiger partial charge in [0.15, 0.2) is 11.6 Å². The monoisotopic (exact) mass is 188 g/mol. The molecule has 3 N–H and O–H groups in total. The van der Waals surface area contributed by atoms with E-state index in [0.717, 1.165) is 0 Å². The quantitative estimate of drug-likeness (QED) is 0.624. The molecule has 0 unspecified atom stereocenters. The first-order valence-electron chi connectivity index (χ1n) is 2.94. The standard InChI is InChI=1S/C6H5ClN2O3/c7-3-1-2-8-5(4(3)10)9-6(11)12/h1-2,10H,(H,8,9)(H,11,12). The minimum atomic E-state index is -1.31. The second-order valence-corrected chi connectivity index (χ2v) is 2.33. The third-order valence-corrected chi connectivity index (χ3v) is 1.41. The fourth-order valence-corrected chi connectivity index (χ4v) is 0.769. The van der Waals surface area contributed by atoms with Crippen LogP contribution in [-0.2, 0) is 0 Å². The summed E-state index contributed by atoms with van der Waals surface area (Å²) in [6.07, 6.45) is -0.0204. The summed E-state index contributed by atoms with van der Waals surface area (Å²) in [6.45, 7) is 0. The number of carbonyl (C=O) groups is 1. The summed E-state index contributed by atoms with van der Waals surface area (Å²) < 4.78 is 0. The highest BCUT2D eigenvalue weighted by atomic mass is 35.5. The molecule has 0 fully saturated rings. The van der Waals surface area contributed by atoms with Gasteiger partial charge in [-0.3, -0.25) is 5.32 Å². The third-order valence-electron chi connectivity index (χ3n) is 1.10. The molecule has 0 spiro atoms. The van der Waals surface area contributed by atoms with Crippen LogP contribution in [0.25, 0.3) is 0 Å². The number of carboxylic acid groups (broad SMARTS) is 1. The fraction of sp³-hybridized carbons (Fsp3) is 0. The van der Waals surface area contributed by atoms with Crippen LogP contribution in [0.2, 0.25) is 5.02 Å². The van der Waals surface area contributed by atoms with Gasteiger partial charge in [0.2, 0.25) is 0 Å². The summed E-state index contributed by atoms with van der Waals surface area (Å²) in [5, 5.41) is 19.3. The fourth-order valence-electron chi connectivity index (χ4n) is 0.623. The lowest BCUT2D eigenvalue weighted by molar-refractivity contribution is 0.209. The van der Waals surface area contributed by atoms with E-state index in [2.05, 4.69) is 4.98 Å². The van der Waals surface area contributed by atoms with Crippen molar-refractivity contribution in [2.24, 2.45) is 0 Å². The number of aromatic nitrogens is 1. The minimum absolute atomic E-state index is 0.0498. The Morgan fingerprint density at radius 1 is 1.67 bits per heavy atom. The highest BCUT2D eigenvalue weighted by molar-refractivity contribution is 6.32. The SMILES string of the molecule is O=C(O)Nc1nccc(Cl)c1O. The number of rotatable bonds is 1. The summed E-state index contributed by atoms with van der Waals surface area (Å²) in [7, 11) is 0. The predicted octanol–water partition coefficient (Wildman–Crippen LogP) is 1.53. The lowest BCUT2D eigenvalue weighted by atomic mass is 10.4. The van der Waals surface area contributed by atoms with Crippen molar-refractivity contribution >= 4 is 23.5 Å². The molecule has 0 saturated carbocycles. The molecule has 1 heterocycles. The Kier molecular flexibility index (Phi) is 2.35. The maximum atomic E-state index is 10.1. The molecule has 12 heavy (non-hydrogen) atoms. The molecular formula is C6H5ClN2O3. The van der Waals surface area contributed by atoms with E-state index < -0.39 is 6.09 Å². The molecule has 0 radical (unpaired) electrons. The molecular weight excluding hydrogens is 184 g/mol. The van der Waals surface area contributed by atoms with Gasteiger partial charge >= 0.3 is 6.09 Å². The lowest BCUT2D eigenvalue weighted by Crippen LogP contribution is -2.08. The molecule has 0 aromatic carbocycles. The zero-order valence-electron chi connectivity index (χ0n) is 5.78. The Morgan fingerprint density at radius 3 is 2.92 bits per heavy atom. The van der Waals surface area contributed by atoms with Crippen molar-refractivity contribution in [3.8, 4) is 5.75 Å². The molecule has 6 heteroatoms. The molecule has 0 atom stereocenters. The maximum Gasteiger partial charge on any atom is 0.410 e. The number of halogens is 1. The highest BCUT2D eigenvalue weighted by Gasteiger charge is 2.08. The van der Waals surface area contributed by atoms with Crippen molar-refractivity contribution in [1.82, 2.24) is 4.98 Å². The van der Waals surface area contributed by atoms with E-state index >= 15 is 0 Å². The normalized spacial score (nSPS) is 9.42. The van der Waals surface area contributed by atoms with E-state index in [9.17, 15) is 4.79 Å². The van der Waals surface area contributed by atoms with Gasteiger partial charge in [0, 0.05) is 6.20 Å². The van der Waals surface area contributed by atoms with Gasteiger partial charge in [0.25, 0.3) is 0 Å². The Hall–Kier alpha value is -1.49. The number of anilines is 1. The lowest BCUT2D eigenvalue weighted by Gasteiger charge is -2.02. The van der Waals surface area contributed by atoms with Gasteiger partial charge < -0.3 is 10.2 Å². The number of hydrogen-bond acceptors (Lipinski definition) is 3. The summed E-state index contributed by atoms with van der Waals surface area (Å²) >= 11 is 5.47. The van der Waals surface area contributed by atoms with Crippen LogP contribution >= 0.6 is 11.6 Å². The summed E-state index contributed by atoms with van der Waals surface area (Å²) in [6, 6.07) is 1.35. The molecule has 1 amide bonds. The molecule has 0 aliphatic heterocycles. The predicted molar refractivity (Wildman–Crippen MR) is 42.6 cm³/mol. The topological polar surface area (TPSA) is 82.5 Å². The highest BCUT2D eigenvalue weighted by Crippen LogP contribution is 2.28. The van der Waals surface area contributed by atoms with Crippen LogP contribution < -0.4 is 5.32 Å². The Labute approximate surface area is 72.6 Å². The number of aromatic hydroxyl groups is 1. The molecule has 1 aromatic heterocycles. The first-order valence-corrected chi connectivity index (χ1v) is 3.32. The second kappa shape index (κ2) is 3.27. The van der Waals surface area contributed by atoms with Crippen LogP contribution in [0.15, 0.2) is 12.3 Å². The van der Waals surface area contributed by atoms with E-state index in [1.54, 1.807) is 0 Å². The van der Waals surface area contributed by atoms with Gasteiger partial charge in [0.1, 0.15) is 0 Å². The number of pyridine rings is 1. The van der Waals surface area contributed by atoms with Crippen molar-refractivity contribution < 1.29 is 15.0 Å². The average molecular weight is 189 g/mol. The van der Waals surface area contributed by atoms with Crippen LogP contribution in [0, 0.1) is 0 Å². The molecule has 64 valence electrons. The smallest absolute Gasteiger partial charge is 0.410 e. The third kappa shape index (κ3) is 1.76. The molecule has 1 aromatic rings. The van der Waals surface area contributed by atoms with Crippen LogP contribution in [0.1, 0.15) is 0 Å². The zero-order chi connectivity index (χ0) is 9.14. The molecule has 0 bridgehead atoms.